The van der Waals surface area contributed by atoms with Crippen LogP contribution in [-0.2, 0) is 4.79 Å². The quantitative estimate of drug-likeness (QED) is 0.662. The Bertz CT molecular complexity index is 199. The zero-order valence-corrected chi connectivity index (χ0v) is 8.60. The van der Waals surface area contributed by atoms with Crippen LogP contribution in [0.3, 0.4) is 0 Å². The Labute approximate surface area is 80.4 Å². The van der Waals surface area contributed by atoms with Crippen molar-refractivity contribution in [1.29, 1.82) is 0 Å². The lowest BCUT2D eigenvalue weighted by Crippen LogP contribution is -2.41. The van der Waals surface area contributed by atoms with E-state index < -0.39 is 0 Å². The molecule has 0 aromatic rings. The lowest BCUT2D eigenvalue weighted by molar-refractivity contribution is -0.117. The van der Waals surface area contributed by atoms with E-state index in [1.54, 1.807) is 12.2 Å². The molecule has 0 atom stereocenters. The second kappa shape index (κ2) is 4.45. The average Bonchev–Trinajstić information content (AvgIpc) is 2.04. The molecule has 1 aliphatic rings. The fourth-order valence-electron chi connectivity index (χ4n) is 1.82. The molecule has 0 bridgehead atoms. The van der Waals surface area contributed by atoms with E-state index in [1.807, 2.05) is 6.92 Å². The van der Waals surface area contributed by atoms with Crippen LogP contribution in [0.15, 0.2) is 12.2 Å². The highest BCUT2D eigenvalue weighted by molar-refractivity contribution is 5.87. The molecule has 0 radical (unpaired) electrons. The van der Waals surface area contributed by atoms with Crippen LogP contribution in [0.5, 0.6) is 0 Å². The molecule has 1 aliphatic carbocycles. The van der Waals surface area contributed by atoms with Gasteiger partial charge in [-0.15, -0.1) is 0 Å². The van der Waals surface area contributed by atoms with Gasteiger partial charge in [0, 0.05) is 6.54 Å². The summed E-state index contributed by atoms with van der Waals surface area (Å²) in [7, 11) is 0. The first kappa shape index (κ1) is 10.3. The van der Waals surface area contributed by atoms with Gasteiger partial charge in [-0.25, -0.2) is 0 Å². The van der Waals surface area contributed by atoms with Gasteiger partial charge in [0.2, 0.25) is 5.91 Å². The highest BCUT2D eigenvalue weighted by atomic mass is 16.1. The zero-order valence-electron chi connectivity index (χ0n) is 8.60. The van der Waals surface area contributed by atoms with Gasteiger partial charge in [0.15, 0.2) is 0 Å². The van der Waals surface area contributed by atoms with E-state index in [2.05, 4.69) is 12.2 Å². The summed E-state index contributed by atoms with van der Waals surface area (Å²) < 4.78 is 0. The van der Waals surface area contributed by atoms with Crippen molar-refractivity contribution in [3.8, 4) is 0 Å². The highest BCUT2D eigenvalue weighted by Gasteiger charge is 2.34. The third-order valence-corrected chi connectivity index (χ3v) is 3.12. The van der Waals surface area contributed by atoms with Gasteiger partial charge in [0.05, 0.1) is 0 Å². The van der Waals surface area contributed by atoms with Crippen molar-refractivity contribution in [2.24, 2.45) is 5.41 Å². The maximum atomic E-state index is 11.1. The largest absolute Gasteiger partial charge is 0.352 e. The van der Waals surface area contributed by atoms with Crippen LogP contribution in [0.1, 0.15) is 39.5 Å². The maximum absolute atomic E-state index is 11.1. The van der Waals surface area contributed by atoms with Crippen molar-refractivity contribution in [3.05, 3.63) is 12.2 Å². The first-order valence-corrected chi connectivity index (χ1v) is 5.13. The predicted octanol–water partition coefficient (Wildman–Crippen LogP) is 2.26. The summed E-state index contributed by atoms with van der Waals surface area (Å²) in [5.74, 6) is 0.0437. The normalized spacial score (nSPS) is 19.8. The molecular formula is C11H19NO. The van der Waals surface area contributed by atoms with E-state index in [0.717, 1.165) is 6.54 Å². The summed E-state index contributed by atoms with van der Waals surface area (Å²) >= 11 is 0. The Balaban J connectivity index is 2.28. The molecule has 0 saturated heterocycles. The predicted molar refractivity (Wildman–Crippen MR) is 54.4 cm³/mol. The molecule has 0 aromatic heterocycles. The molecule has 1 N–H and O–H groups in total. The van der Waals surface area contributed by atoms with E-state index in [4.69, 9.17) is 0 Å². The number of amides is 1. The van der Waals surface area contributed by atoms with Gasteiger partial charge in [-0.05, 0) is 37.7 Å². The second-order valence-corrected chi connectivity index (χ2v) is 3.92. The summed E-state index contributed by atoms with van der Waals surface area (Å²) in [6.45, 7) is 4.92. The lowest BCUT2D eigenvalue weighted by Gasteiger charge is -2.41. The molecule has 1 amide bonds. The van der Waals surface area contributed by atoms with Gasteiger partial charge in [-0.1, -0.05) is 19.4 Å². The van der Waals surface area contributed by atoms with E-state index in [1.165, 1.54) is 25.7 Å². The lowest BCUT2D eigenvalue weighted by atomic mass is 9.67. The molecule has 0 aromatic carbocycles. The molecule has 1 rings (SSSR count). The van der Waals surface area contributed by atoms with Crippen LogP contribution in [0, 0.1) is 5.41 Å². The summed E-state index contributed by atoms with van der Waals surface area (Å²) in [6.07, 6.45) is 8.42. The van der Waals surface area contributed by atoms with Gasteiger partial charge in [-0.3, -0.25) is 4.79 Å². The minimum Gasteiger partial charge on any atom is -0.352 e. The summed E-state index contributed by atoms with van der Waals surface area (Å²) in [4.78, 5) is 11.1. The van der Waals surface area contributed by atoms with Crippen LogP contribution in [0.25, 0.3) is 0 Å². The maximum Gasteiger partial charge on any atom is 0.243 e. The van der Waals surface area contributed by atoms with Gasteiger partial charge >= 0.3 is 0 Å². The van der Waals surface area contributed by atoms with Crippen LogP contribution >= 0.6 is 0 Å². The molecule has 0 spiro atoms. The number of rotatable bonds is 4. The number of carbonyl (C=O) groups excluding carboxylic acids is 1. The van der Waals surface area contributed by atoms with E-state index in [0.29, 0.717) is 5.41 Å². The Hall–Kier alpha value is -0.790. The SMILES string of the molecule is C/C=C/C(=O)NCC1(CC)CCC1. The molecule has 74 valence electrons. The Morgan fingerprint density at radius 1 is 1.54 bits per heavy atom. The van der Waals surface area contributed by atoms with E-state index in [9.17, 15) is 4.79 Å². The van der Waals surface area contributed by atoms with Gasteiger partial charge in [0.1, 0.15) is 0 Å². The minimum atomic E-state index is 0.0437. The number of hydrogen-bond acceptors (Lipinski definition) is 1. The fourth-order valence-corrected chi connectivity index (χ4v) is 1.82. The molecule has 2 heteroatoms. The standard InChI is InChI=1S/C11H19NO/c1-3-6-10(13)12-9-11(4-2)7-5-8-11/h3,6H,4-5,7-9H2,1-2H3,(H,12,13)/b6-3+. The van der Waals surface area contributed by atoms with Crippen molar-refractivity contribution in [3.63, 3.8) is 0 Å². The number of allylic oxidation sites excluding steroid dienone is 1. The molecule has 0 unspecified atom stereocenters. The van der Waals surface area contributed by atoms with Crippen molar-refractivity contribution in [2.75, 3.05) is 6.54 Å². The van der Waals surface area contributed by atoms with Gasteiger partial charge in [-0.2, -0.15) is 0 Å². The van der Waals surface area contributed by atoms with E-state index in [-0.39, 0.29) is 5.91 Å². The molecular weight excluding hydrogens is 162 g/mol. The van der Waals surface area contributed by atoms with Crippen molar-refractivity contribution >= 4 is 5.91 Å². The molecule has 2 nitrogen and oxygen atoms in total. The summed E-state index contributed by atoms with van der Waals surface area (Å²) in [6, 6.07) is 0. The topological polar surface area (TPSA) is 29.1 Å². The summed E-state index contributed by atoms with van der Waals surface area (Å²) in [5.41, 5.74) is 0.428. The Morgan fingerprint density at radius 2 is 2.23 bits per heavy atom. The third kappa shape index (κ3) is 2.58. The minimum absolute atomic E-state index is 0.0437. The molecule has 1 saturated carbocycles. The molecule has 0 aliphatic heterocycles. The second-order valence-electron chi connectivity index (χ2n) is 3.92. The monoisotopic (exact) mass is 181 g/mol. The third-order valence-electron chi connectivity index (χ3n) is 3.12. The van der Waals surface area contributed by atoms with Crippen LogP contribution in [-0.4, -0.2) is 12.5 Å². The van der Waals surface area contributed by atoms with Crippen molar-refractivity contribution in [1.82, 2.24) is 5.32 Å². The first-order valence-electron chi connectivity index (χ1n) is 5.13. The number of carbonyl (C=O) groups is 1. The Morgan fingerprint density at radius 3 is 2.62 bits per heavy atom. The van der Waals surface area contributed by atoms with Crippen LogP contribution in [0.2, 0.25) is 0 Å². The molecule has 13 heavy (non-hydrogen) atoms. The van der Waals surface area contributed by atoms with Crippen molar-refractivity contribution in [2.45, 2.75) is 39.5 Å². The van der Waals surface area contributed by atoms with Crippen LogP contribution < -0.4 is 5.32 Å². The molecule has 0 heterocycles. The average molecular weight is 181 g/mol. The number of nitrogens with one attached hydrogen (secondary N) is 1. The highest BCUT2D eigenvalue weighted by Crippen LogP contribution is 2.42. The van der Waals surface area contributed by atoms with Gasteiger partial charge in [0.25, 0.3) is 0 Å². The van der Waals surface area contributed by atoms with Crippen molar-refractivity contribution < 1.29 is 4.79 Å². The van der Waals surface area contributed by atoms with E-state index >= 15 is 0 Å². The summed E-state index contributed by atoms with van der Waals surface area (Å²) in [5, 5.41) is 2.95. The number of hydrogen-bond donors (Lipinski definition) is 1. The fraction of sp³-hybridized carbons (Fsp3) is 0.727. The van der Waals surface area contributed by atoms with Gasteiger partial charge < -0.3 is 5.32 Å². The first-order chi connectivity index (χ1) is 6.22. The zero-order chi connectivity index (χ0) is 9.73. The van der Waals surface area contributed by atoms with Crippen LogP contribution in [0.4, 0.5) is 0 Å². The smallest absolute Gasteiger partial charge is 0.243 e. The molecule has 1 fully saturated rings. The Kier molecular flexibility index (Phi) is 3.52.